The summed E-state index contributed by atoms with van der Waals surface area (Å²) >= 11 is 14.1. The van der Waals surface area contributed by atoms with Crippen LogP contribution in [0, 0.1) is 0 Å². The second-order valence-corrected chi connectivity index (χ2v) is 11.5. The van der Waals surface area contributed by atoms with E-state index in [9.17, 15) is 0 Å². The predicted octanol–water partition coefficient (Wildman–Crippen LogP) is 6.84. The Morgan fingerprint density at radius 1 is 0.837 bits per heavy atom. The minimum Gasteiger partial charge on any atom is -0.493 e. The highest BCUT2D eigenvalue weighted by atomic mass is 35.5. The topological polar surface area (TPSA) is 98.5 Å². The lowest BCUT2D eigenvalue weighted by Gasteiger charge is -2.15. The molecule has 0 saturated carbocycles. The summed E-state index contributed by atoms with van der Waals surface area (Å²) in [7, 11) is 3.23. The van der Waals surface area contributed by atoms with E-state index < -0.39 is 0 Å². The van der Waals surface area contributed by atoms with Gasteiger partial charge in [-0.1, -0.05) is 75.2 Å². The third-order valence-corrected chi connectivity index (χ3v) is 7.68. The van der Waals surface area contributed by atoms with Crippen molar-refractivity contribution < 1.29 is 9.47 Å². The summed E-state index contributed by atoms with van der Waals surface area (Å²) in [5.41, 5.74) is 5.85. The number of ether oxygens (including phenoxy) is 2. The fourth-order valence-electron chi connectivity index (χ4n) is 4.69. The summed E-state index contributed by atoms with van der Waals surface area (Å²) in [4.78, 5) is 14.0. The first-order valence-corrected chi connectivity index (χ1v) is 14.8. The molecule has 4 heterocycles. The number of aromatic nitrogens is 5. The van der Waals surface area contributed by atoms with Gasteiger partial charge < -0.3 is 20.1 Å². The number of hydrogen-bond donors (Lipinski definition) is 2. The van der Waals surface area contributed by atoms with Crippen molar-refractivity contribution in [3.05, 3.63) is 76.3 Å². The first kappa shape index (κ1) is 30.7. The number of nitrogens with one attached hydrogen (secondary N) is 2. The van der Waals surface area contributed by atoms with Gasteiger partial charge in [0.1, 0.15) is 0 Å². The number of benzene rings is 1. The normalized spacial score (nSPS) is 11.6. The lowest BCUT2D eigenvalue weighted by Crippen LogP contribution is -2.22. The van der Waals surface area contributed by atoms with Crippen LogP contribution in [0.2, 0.25) is 10.0 Å². The highest BCUT2D eigenvalue weighted by molar-refractivity contribution is 6.39. The molecule has 0 amide bonds. The number of fused-ring (bicyclic) bond motifs is 1. The zero-order valence-corrected chi connectivity index (χ0v) is 26.6. The molecule has 224 valence electrons. The molecule has 5 aromatic rings. The number of hydrogen-bond acceptors (Lipinski definition) is 8. The smallest absolute Gasteiger partial charge is 0.218 e. The third-order valence-electron chi connectivity index (χ3n) is 6.89. The summed E-state index contributed by atoms with van der Waals surface area (Å²) in [6.07, 6.45) is 3.57. The van der Waals surface area contributed by atoms with Gasteiger partial charge in [0.25, 0.3) is 0 Å². The summed E-state index contributed by atoms with van der Waals surface area (Å²) < 4.78 is 13.0. The van der Waals surface area contributed by atoms with E-state index in [0.29, 0.717) is 69.7 Å². The molecule has 0 aliphatic heterocycles. The third kappa shape index (κ3) is 6.60. The number of pyridine rings is 3. The van der Waals surface area contributed by atoms with E-state index in [1.807, 2.05) is 48.7 Å². The first-order chi connectivity index (χ1) is 20.7. The Kier molecular flexibility index (Phi) is 9.46. The molecule has 0 spiro atoms. The fraction of sp³-hybridized carbons (Fsp3) is 0.312. The number of rotatable bonds is 11. The van der Waals surface area contributed by atoms with Gasteiger partial charge in [-0.25, -0.2) is 14.5 Å². The molecule has 5 rings (SSSR count). The maximum absolute atomic E-state index is 7.05. The molecule has 0 atom stereocenters. The Bertz CT molecular complexity index is 1750. The largest absolute Gasteiger partial charge is 0.493 e. The minimum atomic E-state index is 0.310. The summed E-state index contributed by atoms with van der Waals surface area (Å²) in [6.45, 7) is 9.54. The number of methoxy groups -OCH3 is 2. The zero-order valence-electron chi connectivity index (χ0n) is 25.1. The molecule has 11 heteroatoms. The molecular formula is C32H35Cl2N7O2. The molecule has 0 unspecified atom stereocenters. The Morgan fingerprint density at radius 2 is 1.56 bits per heavy atom. The summed E-state index contributed by atoms with van der Waals surface area (Å²) in [5, 5.41) is 12.4. The molecule has 9 nitrogen and oxygen atoms in total. The van der Waals surface area contributed by atoms with Gasteiger partial charge in [0, 0.05) is 58.8 Å². The van der Waals surface area contributed by atoms with Gasteiger partial charge in [-0.2, -0.15) is 0 Å². The lowest BCUT2D eigenvalue weighted by atomic mass is 10.00. The molecular weight excluding hydrogens is 585 g/mol. The van der Waals surface area contributed by atoms with Crippen LogP contribution in [0.5, 0.6) is 11.6 Å². The van der Waals surface area contributed by atoms with Gasteiger partial charge in [-0.3, -0.25) is 4.98 Å². The van der Waals surface area contributed by atoms with Crippen LogP contribution in [-0.2, 0) is 13.1 Å². The Balaban J connectivity index is 1.53. The van der Waals surface area contributed by atoms with Crippen molar-refractivity contribution in [2.24, 2.45) is 0 Å². The number of nitrogens with zero attached hydrogens (tertiary/aromatic N) is 5. The molecule has 0 saturated heterocycles. The van der Waals surface area contributed by atoms with Crippen LogP contribution in [0.4, 0.5) is 0 Å². The van der Waals surface area contributed by atoms with Crippen molar-refractivity contribution in [1.29, 1.82) is 0 Å². The average molecular weight is 621 g/mol. The quantitative estimate of drug-likeness (QED) is 0.166. The van der Waals surface area contributed by atoms with E-state index >= 15 is 0 Å². The maximum atomic E-state index is 7.05. The molecule has 0 aliphatic carbocycles. The number of halogens is 2. The van der Waals surface area contributed by atoms with Crippen molar-refractivity contribution in [3.63, 3.8) is 0 Å². The fourth-order valence-corrected chi connectivity index (χ4v) is 5.33. The monoisotopic (exact) mass is 619 g/mol. The lowest BCUT2D eigenvalue weighted by molar-refractivity contribution is 0.390. The Morgan fingerprint density at radius 3 is 2.28 bits per heavy atom. The maximum Gasteiger partial charge on any atom is 0.218 e. The van der Waals surface area contributed by atoms with Crippen LogP contribution >= 0.6 is 23.2 Å². The molecule has 1 aromatic carbocycles. The molecule has 43 heavy (non-hydrogen) atoms. The molecule has 4 aromatic heterocycles. The van der Waals surface area contributed by atoms with Crippen LogP contribution in [-0.4, -0.2) is 50.9 Å². The predicted molar refractivity (Wildman–Crippen MR) is 172 cm³/mol. The van der Waals surface area contributed by atoms with E-state index in [1.165, 1.54) is 0 Å². The molecule has 0 bridgehead atoms. The van der Waals surface area contributed by atoms with E-state index in [1.54, 1.807) is 24.9 Å². The molecule has 0 radical (unpaired) electrons. The van der Waals surface area contributed by atoms with E-state index in [2.05, 4.69) is 53.4 Å². The molecule has 0 fully saturated rings. The minimum absolute atomic E-state index is 0.310. The van der Waals surface area contributed by atoms with Crippen molar-refractivity contribution >= 4 is 28.8 Å². The summed E-state index contributed by atoms with van der Waals surface area (Å²) in [6, 6.07) is 14.1. The van der Waals surface area contributed by atoms with E-state index in [-0.39, 0.29) is 0 Å². The Labute approximate surface area is 261 Å². The standard InChI is InChI=1S/C32H35Cl2N7O2/c1-18(2)36-15-20-10-11-25(38-32(20)43-6)24-9-7-8-22(28(24)33)23-12-13-35-30(29(23)34)21-14-26(42-5)31-39-27(16-37-19(3)4)40-41(31)17-21/h7-14,17-19,36-37H,15-16H2,1-6H3. The van der Waals surface area contributed by atoms with E-state index in [0.717, 1.165) is 27.8 Å². The second kappa shape index (κ2) is 13.3. The highest BCUT2D eigenvalue weighted by Crippen LogP contribution is 2.42. The van der Waals surface area contributed by atoms with Gasteiger partial charge in [-0.15, -0.1) is 5.10 Å². The van der Waals surface area contributed by atoms with Gasteiger partial charge in [0.15, 0.2) is 17.2 Å². The molecule has 0 aliphatic rings. The van der Waals surface area contributed by atoms with Crippen LogP contribution < -0.4 is 20.1 Å². The second-order valence-electron chi connectivity index (χ2n) is 10.7. The van der Waals surface area contributed by atoms with Crippen molar-refractivity contribution in [3.8, 4) is 45.3 Å². The van der Waals surface area contributed by atoms with Gasteiger partial charge in [0.05, 0.1) is 42.2 Å². The summed E-state index contributed by atoms with van der Waals surface area (Å²) in [5.74, 6) is 1.78. The highest BCUT2D eigenvalue weighted by Gasteiger charge is 2.20. The van der Waals surface area contributed by atoms with Gasteiger partial charge in [-0.05, 0) is 18.2 Å². The average Bonchev–Trinajstić information content (AvgIpc) is 3.42. The Hall–Kier alpha value is -3.76. The van der Waals surface area contributed by atoms with Crippen molar-refractivity contribution in [2.45, 2.75) is 52.9 Å². The zero-order chi connectivity index (χ0) is 30.7. The van der Waals surface area contributed by atoms with Gasteiger partial charge in [0.2, 0.25) is 5.88 Å². The molecule has 2 N–H and O–H groups in total. The van der Waals surface area contributed by atoms with Crippen LogP contribution in [0.25, 0.3) is 39.3 Å². The van der Waals surface area contributed by atoms with Crippen LogP contribution in [0.1, 0.15) is 39.1 Å². The van der Waals surface area contributed by atoms with E-state index in [4.69, 9.17) is 37.7 Å². The first-order valence-electron chi connectivity index (χ1n) is 14.1. The van der Waals surface area contributed by atoms with Crippen LogP contribution in [0.3, 0.4) is 0 Å². The van der Waals surface area contributed by atoms with Crippen molar-refractivity contribution in [2.75, 3.05) is 14.2 Å². The van der Waals surface area contributed by atoms with Gasteiger partial charge >= 0.3 is 0 Å². The van der Waals surface area contributed by atoms with Crippen LogP contribution in [0.15, 0.2) is 54.9 Å². The van der Waals surface area contributed by atoms with Crippen molar-refractivity contribution in [1.82, 2.24) is 35.2 Å². The SMILES string of the molecule is COc1nc(-c2cccc(-c3ccnc(-c4cc(OC)c5nc(CNC(C)C)nn5c4)c3Cl)c2Cl)ccc1CNC(C)C.